The zero-order valence-corrected chi connectivity index (χ0v) is 24.6. The molecule has 1 aromatic carbocycles. The summed E-state index contributed by atoms with van der Waals surface area (Å²) in [6.45, 7) is 2.23. The molecule has 0 bridgehead atoms. The predicted molar refractivity (Wildman–Crippen MR) is 166 cm³/mol. The number of carbonyl (C=O) groups excluding carboxylic acids is 2. The number of methoxy groups -OCH3 is 1. The van der Waals surface area contributed by atoms with Crippen molar-refractivity contribution < 1.29 is 19.4 Å². The van der Waals surface area contributed by atoms with Gasteiger partial charge >= 0.3 is 0 Å². The summed E-state index contributed by atoms with van der Waals surface area (Å²) >= 11 is 0. The van der Waals surface area contributed by atoms with Crippen molar-refractivity contribution in [3.8, 4) is 5.75 Å². The van der Waals surface area contributed by atoms with Crippen LogP contribution in [0.25, 0.3) is 10.9 Å². The summed E-state index contributed by atoms with van der Waals surface area (Å²) in [4.78, 5) is 50.9. The van der Waals surface area contributed by atoms with Crippen molar-refractivity contribution in [2.45, 2.75) is 43.6 Å². The number of likely N-dealkylation sites (tertiary alicyclic amines) is 2. The largest absolute Gasteiger partial charge is 0.497 e. The van der Waals surface area contributed by atoms with Gasteiger partial charge in [-0.25, -0.2) is 0 Å². The smallest absolute Gasteiger partial charge is 0.261 e. The van der Waals surface area contributed by atoms with Crippen LogP contribution in [-0.2, 0) is 16.1 Å². The van der Waals surface area contributed by atoms with E-state index in [1.54, 1.807) is 31.5 Å². The highest BCUT2D eigenvalue weighted by atomic mass is 16.5. The number of imide groups is 1. The number of rotatable bonds is 8. The zero-order valence-electron chi connectivity index (χ0n) is 24.6. The summed E-state index contributed by atoms with van der Waals surface area (Å²) < 4.78 is 7.28. The summed E-state index contributed by atoms with van der Waals surface area (Å²) in [5, 5.41) is 18.4. The lowest BCUT2D eigenvalue weighted by Gasteiger charge is -2.33. The van der Waals surface area contributed by atoms with E-state index in [0.29, 0.717) is 34.8 Å². The number of aliphatic hydroxyl groups excluding tert-OH is 1. The molecule has 2 unspecified atom stereocenters. The monoisotopic (exact) mass is 597 g/mol. The Hall–Kier alpha value is -4.68. The van der Waals surface area contributed by atoms with Crippen molar-refractivity contribution >= 4 is 34.2 Å². The fraction of sp³-hybridized carbons (Fsp3) is 0.375. The van der Waals surface area contributed by atoms with Gasteiger partial charge in [0.25, 0.3) is 17.4 Å². The number of amidine groups is 1. The fourth-order valence-electron chi connectivity index (χ4n) is 6.61. The molecule has 1 aliphatic carbocycles. The lowest BCUT2D eigenvalue weighted by atomic mass is 9.94. The molecule has 0 spiro atoms. The van der Waals surface area contributed by atoms with E-state index in [-0.39, 0.29) is 36.0 Å². The first kappa shape index (κ1) is 28.1. The van der Waals surface area contributed by atoms with Crippen molar-refractivity contribution in [1.29, 1.82) is 0 Å². The normalized spacial score (nSPS) is 22.7. The molecule has 5 heterocycles. The van der Waals surface area contributed by atoms with E-state index in [0.717, 1.165) is 42.6 Å². The number of piperidine rings is 1. The summed E-state index contributed by atoms with van der Waals surface area (Å²) in [5.74, 6) is 0.616. The lowest BCUT2D eigenvalue weighted by molar-refractivity contribution is -0.140. The fourth-order valence-corrected chi connectivity index (χ4v) is 6.61. The first-order valence-electron chi connectivity index (χ1n) is 14.9. The minimum absolute atomic E-state index is 0.0999. The number of anilines is 1. The molecule has 2 fully saturated rings. The number of hydrogen-bond acceptors (Lipinski definition) is 9. The maximum atomic E-state index is 13.4. The van der Waals surface area contributed by atoms with E-state index in [1.165, 1.54) is 4.90 Å². The van der Waals surface area contributed by atoms with Crippen LogP contribution in [0.5, 0.6) is 5.75 Å². The van der Waals surface area contributed by atoms with Crippen LogP contribution in [0, 0.1) is 0 Å². The van der Waals surface area contributed by atoms with Gasteiger partial charge in [0.15, 0.2) is 0 Å². The molecule has 0 radical (unpaired) electrons. The van der Waals surface area contributed by atoms with E-state index in [2.05, 4.69) is 20.5 Å². The van der Waals surface area contributed by atoms with Crippen LogP contribution >= 0.6 is 0 Å². The van der Waals surface area contributed by atoms with Gasteiger partial charge in [0.1, 0.15) is 17.1 Å². The van der Waals surface area contributed by atoms with Gasteiger partial charge in [0, 0.05) is 35.9 Å². The van der Waals surface area contributed by atoms with Crippen LogP contribution in [-0.4, -0.2) is 100 Å². The summed E-state index contributed by atoms with van der Waals surface area (Å²) in [6.07, 6.45) is 7.77. The number of aliphatic hydroxyl groups is 1. The third-order valence-corrected chi connectivity index (χ3v) is 8.99. The molecule has 2 amide bonds. The molecule has 3 aromatic rings. The number of aromatic nitrogens is 2. The summed E-state index contributed by atoms with van der Waals surface area (Å²) in [6, 6.07) is 8.59. The number of pyridine rings is 1. The van der Waals surface area contributed by atoms with Crippen LogP contribution in [0.3, 0.4) is 0 Å². The maximum Gasteiger partial charge on any atom is 0.261 e. The number of nitrogens with zero attached hydrogens (tertiary/aromatic N) is 4. The highest BCUT2D eigenvalue weighted by Gasteiger charge is 2.47. The van der Waals surface area contributed by atoms with Crippen LogP contribution in [0.2, 0.25) is 0 Å². The van der Waals surface area contributed by atoms with E-state index in [1.807, 2.05) is 42.1 Å². The third-order valence-electron chi connectivity index (χ3n) is 8.99. The Balaban J connectivity index is 1.07. The van der Waals surface area contributed by atoms with Crippen molar-refractivity contribution in [1.82, 2.24) is 24.7 Å². The molecular weight excluding hydrogens is 562 g/mol. The Morgan fingerprint density at radius 3 is 2.64 bits per heavy atom. The van der Waals surface area contributed by atoms with Crippen LogP contribution in [0.15, 0.2) is 75.8 Å². The highest BCUT2D eigenvalue weighted by Crippen LogP contribution is 2.35. The number of benzene rings is 1. The Kier molecular flexibility index (Phi) is 7.10. The minimum atomic E-state index is -0.751. The van der Waals surface area contributed by atoms with Crippen LogP contribution < -0.4 is 20.9 Å². The predicted octanol–water partition coefficient (Wildman–Crippen LogP) is 1.23. The van der Waals surface area contributed by atoms with Crippen molar-refractivity contribution in [2.75, 3.05) is 39.1 Å². The Labute approximate surface area is 253 Å². The molecule has 7 rings (SSSR count). The summed E-state index contributed by atoms with van der Waals surface area (Å²) in [7, 11) is 3.67. The minimum Gasteiger partial charge on any atom is -0.497 e. The molecule has 4 aliphatic rings. The Bertz CT molecular complexity index is 1800. The van der Waals surface area contributed by atoms with Gasteiger partial charge in [-0.15, -0.1) is 0 Å². The van der Waals surface area contributed by atoms with E-state index in [9.17, 15) is 19.5 Å². The van der Waals surface area contributed by atoms with Gasteiger partial charge in [0.05, 0.1) is 48.7 Å². The second kappa shape index (κ2) is 11.1. The molecule has 2 saturated heterocycles. The Morgan fingerprint density at radius 1 is 1.09 bits per heavy atom. The lowest BCUT2D eigenvalue weighted by Crippen LogP contribution is -2.46. The number of carbonyl (C=O) groups is 2. The van der Waals surface area contributed by atoms with Gasteiger partial charge in [-0.3, -0.25) is 24.3 Å². The molecule has 2 aromatic heterocycles. The maximum absolute atomic E-state index is 13.4. The van der Waals surface area contributed by atoms with Gasteiger partial charge in [-0.2, -0.15) is 0 Å². The molecule has 228 valence electrons. The number of aliphatic imine (C=N–C) groups is 1. The second-order valence-electron chi connectivity index (χ2n) is 11.8. The van der Waals surface area contributed by atoms with Crippen LogP contribution in [0.4, 0.5) is 5.69 Å². The Morgan fingerprint density at radius 2 is 1.86 bits per heavy atom. The third kappa shape index (κ3) is 4.89. The molecule has 3 atom stereocenters. The first-order chi connectivity index (χ1) is 21.3. The van der Waals surface area contributed by atoms with E-state index >= 15 is 0 Å². The zero-order chi connectivity index (χ0) is 30.5. The molecule has 4 N–H and O–H groups in total. The number of nitrogens with one attached hydrogen (secondary N) is 3. The molecule has 12 heteroatoms. The SMILES string of the molecule is COc1ccc2c(ccn2C[C@H](O)CNc2cc[nH]c(=O)c2C2=NC3C=C4C(=O)N(C5CCN(C)CC5)C(=O)C4=CC3N2)c1. The van der Waals surface area contributed by atoms with E-state index < -0.39 is 12.1 Å². The topological polar surface area (TPSA) is 144 Å². The van der Waals surface area contributed by atoms with Crippen molar-refractivity contribution in [3.63, 3.8) is 0 Å². The second-order valence-corrected chi connectivity index (χ2v) is 11.8. The number of amides is 2. The summed E-state index contributed by atoms with van der Waals surface area (Å²) in [5.41, 5.74) is 2.25. The molecule has 44 heavy (non-hydrogen) atoms. The highest BCUT2D eigenvalue weighted by molar-refractivity contribution is 6.25. The van der Waals surface area contributed by atoms with Gasteiger partial charge in [-0.1, -0.05) is 0 Å². The standard InChI is InChI=1S/C32H35N7O5/c1-37-10-7-19(8-11-37)39-31(42)22-14-25-26(15-23(22)32(39)43)36-29(35-25)28-24(5-9-33-30(28)41)34-16-20(40)17-38-12-6-18-13-21(44-2)3-4-27(18)38/h3-6,9,12-15,19-20,25-26,40H,7-8,10-11,16-17H2,1-2H3,(H,35,36)(H2,33,34,41)/t20-,25?,26?/m1/s1. The number of ether oxygens (including phenoxy) is 1. The molecule has 12 nitrogen and oxygen atoms in total. The van der Waals surface area contributed by atoms with Gasteiger partial charge in [0.2, 0.25) is 0 Å². The van der Waals surface area contributed by atoms with Crippen molar-refractivity contribution in [2.24, 2.45) is 4.99 Å². The number of fused-ring (bicyclic) bond motifs is 3. The average Bonchev–Trinajstić information content (AvgIpc) is 3.69. The first-order valence-corrected chi connectivity index (χ1v) is 14.9. The number of hydrogen-bond donors (Lipinski definition) is 4. The molecule has 3 aliphatic heterocycles. The molecule has 0 saturated carbocycles. The number of aromatic amines is 1. The van der Waals surface area contributed by atoms with E-state index in [4.69, 9.17) is 9.73 Å². The molecular formula is C32H35N7O5. The average molecular weight is 598 g/mol. The van der Waals surface area contributed by atoms with Crippen LogP contribution in [0.1, 0.15) is 18.4 Å². The number of H-pyrrole nitrogens is 1. The van der Waals surface area contributed by atoms with Gasteiger partial charge in [-0.05, 0) is 75.5 Å². The van der Waals surface area contributed by atoms with Crippen molar-refractivity contribution in [3.05, 3.63) is 81.9 Å². The van der Waals surface area contributed by atoms with Gasteiger partial charge < -0.3 is 34.9 Å². The quantitative estimate of drug-likeness (QED) is 0.284.